The van der Waals surface area contributed by atoms with Crippen LogP contribution in [0.1, 0.15) is 10.4 Å². The summed E-state index contributed by atoms with van der Waals surface area (Å²) in [5.41, 5.74) is 3.43. The van der Waals surface area contributed by atoms with Crippen LogP contribution < -0.4 is 16.2 Å². The third-order valence-electron chi connectivity index (χ3n) is 4.59. The molecule has 136 valence electrons. The Morgan fingerprint density at radius 2 is 1.74 bits per heavy atom. The van der Waals surface area contributed by atoms with Crippen LogP contribution in [0.15, 0.2) is 59.4 Å². The normalized spacial score (nSPS) is 11.1. The van der Waals surface area contributed by atoms with E-state index in [2.05, 4.69) is 20.6 Å². The fourth-order valence-corrected chi connectivity index (χ4v) is 3.17. The second-order valence-electron chi connectivity index (χ2n) is 6.44. The Bertz CT molecular complexity index is 1190. The summed E-state index contributed by atoms with van der Waals surface area (Å²) in [6.07, 6.45) is 0. The Labute approximate surface area is 155 Å². The molecule has 2 heterocycles. The largest absolute Gasteiger partial charge is 0.354 e. The minimum absolute atomic E-state index is 0.113. The van der Waals surface area contributed by atoms with Crippen molar-refractivity contribution < 1.29 is 4.79 Å². The molecule has 1 amide bonds. The lowest BCUT2D eigenvalue weighted by atomic mass is 10.1. The van der Waals surface area contributed by atoms with Gasteiger partial charge in [0.15, 0.2) is 0 Å². The van der Waals surface area contributed by atoms with Crippen LogP contribution in [-0.4, -0.2) is 36.0 Å². The molecule has 0 spiro atoms. The van der Waals surface area contributed by atoms with Crippen molar-refractivity contribution in [2.45, 2.75) is 0 Å². The number of para-hydroxylation sites is 1. The van der Waals surface area contributed by atoms with Gasteiger partial charge in [-0.15, -0.1) is 0 Å². The molecule has 4 rings (SSSR count). The Morgan fingerprint density at radius 1 is 0.926 bits per heavy atom. The Morgan fingerprint density at radius 3 is 2.59 bits per heavy atom. The number of hydrogen-bond acceptors (Lipinski definition) is 3. The highest BCUT2D eigenvalue weighted by Crippen LogP contribution is 2.24. The van der Waals surface area contributed by atoms with E-state index in [0.717, 1.165) is 27.5 Å². The highest BCUT2D eigenvalue weighted by Gasteiger charge is 2.11. The first-order chi connectivity index (χ1) is 13.2. The lowest BCUT2D eigenvalue weighted by Crippen LogP contribution is -2.30. The van der Waals surface area contributed by atoms with E-state index < -0.39 is 0 Å². The number of amides is 1. The van der Waals surface area contributed by atoms with Gasteiger partial charge in [0.25, 0.3) is 11.5 Å². The fourth-order valence-electron chi connectivity index (χ4n) is 3.17. The maximum absolute atomic E-state index is 12.5. The molecular weight excluding hydrogens is 340 g/mol. The standard InChI is InChI=1S/C21H20N4O2/c1-22-8-9-23-20(26)14-6-7-18-15(10-14)12-19(24-18)16-11-13-4-2-3-5-17(13)25-21(16)27/h2-7,10-12,22,24H,8-9H2,1H3,(H,23,26)(H,25,27). The summed E-state index contributed by atoms with van der Waals surface area (Å²) in [6, 6.07) is 16.9. The molecule has 0 aliphatic carbocycles. The minimum atomic E-state index is -0.148. The van der Waals surface area contributed by atoms with Crippen molar-refractivity contribution in [3.05, 3.63) is 70.5 Å². The van der Waals surface area contributed by atoms with Crippen LogP contribution in [-0.2, 0) is 0 Å². The third-order valence-corrected chi connectivity index (χ3v) is 4.59. The van der Waals surface area contributed by atoms with Gasteiger partial charge in [-0.2, -0.15) is 0 Å². The topological polar surface area (TPSA) is 89.8 Å². The first kappa shape index (κ1) is 17.1. The van der Waals surface area contributed by atoms with E-state index in [0.29, 0.717) is 24.2 Å². The lowest BCUT2D eigenvalue weighted by Gasteiger charge is -2.04. The van der Waals surface area contributed by atoms with E-state index in [1.807, 2.05) is 55.6 Å². The van der Waals surface area contributed by atoms with Crippen molar-refractivity contribution in [1.29, 1.82) is 0 Å². The smallest absolute Gasteiger partial charge is 0.257 e. The average Bonchev–Trinajstić information content (AvgIpc) is 3.10. The number of rotatable bonds is 5. The molecule has 6 nitrogen and oxygen atoms in total. The molecule has 0 saturated heterocycles. The maximum atomic E-state index is 12.5. The average molecular weight is 360 g/mol. The van der Waals surface area contributed by atoms with E-state index in [4.69, 9.17) is 0 Å². The molecule has 4 N–H and O–H groups in total. The van der Waals surface area contributed by atoms with Crippen molar-refractivity contribution in [3.63, 3.8) is 0 Å². The van der Waals surface area contributed by atoms with Crippen LogP contribution in [0.3, 0.4) is 0 Å². The summed E-state index contributed by atoms with van der Waals surface area (Å²) >= 11 is 0. The highest BCUT2D eigenvalue weighted by molar-refractivity contribution is 5.99. The zero-order valence-electron chi connectivity index (χ0n) is 14.9. The van der Waals surface area contributed by atoms with Crippen LogP contribution in [0.4, 0.5) is 0 Å². The molecule has 4 aromatic rings. The lowest BCUT2D eigenvalue weighted by molar-refractivity contribution is 0.0954. The third kappa shape index (κ3) is 3.35. The molecule has 6 heteroatoms. The van der Waals surface area contributed by atoms with Gasteiger partial charge in [0, 0.05) is 35.1 Å². The molecule has 2 aromatic heterocycles. The van der Waals surface area contributed by atoms with Crippen molar-refractivity contribution in [1.82, 2.24) is 20.6 Å². The van der Waals surface area contributed by atoms with Gasteiger partial charge in [0.05, 0.1) is 11.3 Å². The van der Waals surface area contributed by atoms with Crippen molar-refractivity contribution in [2.24, 2.45) is 0 Å². The summed E-state index contributed by atoms with van der Waals surface area (Å²) in [7, 11) is 1.84. The number of nitrogens with one attached hydrogen (secondary N) is 4. The summed E-state index contributed by atoms with van der Waals surface area (Å²) in [4.78, 5) is 30.9. The van der Waals surface area contributed by atoms with Gasteiger partial charge in [0.2, 0.25) is 0 Å². The van der Waals surface area contributed by atoms with E-state index in [9.17, 15) is 9.59 Å². The summed E-state index contributed by atoms with van der Waals surface area (Å²) < 4.78 is 0. The molecule has 0 aliphatic heterocycles. The Kier molecular flexibility index (Phi) is 4.48. The van der Waals surface area contributed by atoms with Crippen molar-refractivity contribution >= 4 is 27.7 Å². The quantitative estimate of drug-likeness (QED) is 0.413. The number of pyridine rings is 1. The molecule has 0 bridgehead atoms. The molecule has 2 aromatic carbocycles. The SMILES string of the molecule is CNCCNC(=O)c1ccc2[nH]c(-c3cc4ccccc4[nH]c3=O)cc2c1. The molecule has 0 radical (unpaired) electrons. The molecule has 27 heavy (non-hydrogen) atoms. The van der Waals surface area contributed by atoms with Gasteiger partial charge in [-0.25, -0.2) is 0 Å². The number of likely N-dealkylation sites (N-methyl/N-ethyl adjacent to an activating group) is 1. The monoisotopic (exact) mass is 360 g/mol. The predicted octanol–water partition coefficient (Wildman–Crippen LogP) is 2.63. The number of carbonyl (C=O) groups is 1. The van der Waals surface area contributed by atoms with Crippen molar-refractivity contribution in [2.75, 3.05) is 20.1 Å². The number of H-pyrrole nitrogens is 2. The first-order valence-corrected chi connectivity index (χ1v) is 8.84. The van der Waals surface area contributed by atoms with Gasteiger partial charge < -0.3 is 20.6 Å². The van der Waals surface area contributed by atoms with Gasteiger partial charge in [-0.3, -0.25) is 9.59 Å². The van der Waals surface area contributed by atoms with Crippen LogP contribution in [0.25, 0.3) is 33.1 Å². The van der Waals surface area contributed by atoms with Gasteiger partial charge in [0.1, 0.15) is 0 Å². The van der Waals surface area contributed by atoms with E-state index in [1.54, 1.807) is 6.07 Å². The van der Waals surface area contributed by atoms with Crippen LogP contribution in [0.5, 0.6) is 0 Å². The van der Waals surface area contributed by atoms with Crippen molar-refractivity contribution in [3.8, 4) is 11.3 Å². The molecular formula is C21H20N4O2. The second kappa shape index (κ2) is 7.09. The highest BCUT2D eigenvalue weighted by atomic mass is 16.1. The number of fused-ring (bicyclic) bond motifs is 2. The Balaban J connectivity index is 1.71. The zero-order chi connectivity index (χ0) is 18.8. The number of hydrogen-bond donors (Lipinski definition) is 4. The summed E-state index contributed by atoms with van der Waals surface area (Å²) in [6.45, 7) is 1.28. The van der Waals surface area contributed by atoms with Crippen LogP contribution in [0.2, 0.25) is 0 Å². The van der Waals surface area contributed by atoms with Crippen LogP contribution >= 0.6 is 0 Å². The van der Waals surface area contributed by atoms with Gasteiger partial charge in [-0.1, -0.05) is 18.2 Å². The van der Waals surface area contributed by atoms with Gasteiger partial charge >= 0.3 is 0 Å². The summed E-state index contributed by atoms with van der Waals surface area (Å²) in [5, 5.41) is 7.71. The van der Waals surface area contributed by atoms with Gasteiger partial charge in [-0.05, 0) is 48.8 Å². The predicted molar refractivity (Wildman–Crippen MR) is 108 cm³/mol. The maximum Gasteiger partial charge on any atom is 0.257 e. The summed E-state index contributed by atoms with van der Waals surface area (Å²) in [5.74, 6) is -0.113. The first-order valence-electron chi connectivity index (χ1n) is 8.84. The van der Waals surface area contributed by atoms with E-state index >= 15 is 0 Å². The molecule has 0 saturated carbocycles. The molecule has 0 aliphatic rings. The zero-order valence-corrected chi connectivity index (χ0v) is 14.9. The number of carbonyl (C=O) groups excluding carboxylic acids is 1. The molecule has 0 atom stereocenters. The van der Waals surface area contributed by atoms with E-state index in [1.165, 1.54) is 0 Å². The second-order valence-corrected chi connectivity index (χ2v) is 6.44. The fraction of sp³-hybridized carbons (Fsp3) is 0.143. The van der Waals surface area contributed by atoms with Crippen LogP contribution in [0, 0.1) is 0 Å². The molecule has 0 unspecified atom stereocenters. The minimum Gasteiger partial charge on any atom is -0.354 e. The number of benzene rings is 2. The van der Waals surface area contributed by atoms with E-state index in [-0.39, 0.29) is 11.5 Å². The Hall–Kier alpha value is -3.38. The molecule has 0 fully saturated rings. The number of aromatic amines is 2. The number of aromatic nitrogens is 2.